The standard InChI is InChI=1S/C12H20N4OS2/c1-8-15-11(19-16-8)18-7-5-9-4-3-6-12(9,14-2)10(13)17/h9,14H,3-7H2,1-2H3,(H2,13,17). The first-order chi connectivity index (χ1) is 9.08. The van der Waals surface area contributed by atoms with Crippen molar-refractivity contribution in [2.24, 2.45) is 11.7 Å². The summed E-state index contributed by atoms with van der Waals surface area (Å²) < 4.78 is 5.17. The first-order valence-electron chi connectivity index (χ1n) is 6.50. The summed E-state index contributed by atoms with van der Waals surface area (Å²) in [5.74, 6) is 1.90. The summed E-state index contributed by atoms with van der Waals surface area (Å²) in [7, 11) is 1.84. The van der Waals surface area contributed by atoms with Crippen molar-refractivity contribution in [3.05, 3.63) is 5.82 Å². The maximum absolute atomic E-state index is 11.7. The van der Waals surface area contributed by atoms with E-state index < -0.39 is 5.54 Å². The van der Waals surface area contributed by atoms with E-state index in [0.29, 0.717) is 5.92 Å². The van der Waals surface area contributed by atoms with E-state index in [9.17, 15) is 4.79 Å². The van der Waals surface area contributed by atoms with Crippen LogP contribution >= 0.6 is 23.3 Å². The van der Waals surface area contributed by atoms with E-state index in [1.165, 1.54) is 11.5 Å². The highest BCUT2D eigenvalue weighted by Gasteiger charge is 2.45. The van der Waals surface area contributed by atoms with Crippen molar-refractivity contribution in [2.45, 2.75) is 42.5 Å². The van der Waals surface area contributed by atoms with Gasteiger partial charge in [-0.25, -0.2) is 4.98 Å². The number of hydrogen-bond acceptors (Lipinski definition) is 6. The number of nitrogens with one attached hydrogen (secondary N) is 1. The zero-order valence-electron chi connectivity index (χ0n) is 11.3. The molecule has 7 heteroatoms. The molecule has 0 saturated heterocycles. The molecule has 1 aliphatic carbocycles. The molecule has 1 amide bonds. The second-order valence-electron chi connectivity index (χ2n) is 4.92. The highest BCUT2D eigenvalue weighted by atomic mass is 32.2. The molecule has 0 spiro atoms. The number of nitrogens with zero attached hydrogens (tertiary/aromatic N) is 2. The van der Waals surface area contributed by atoms with E-state index in [-0.39, 0.29) is 5.91 Å². The number of rotatable bonds is 6. The van der Waals surface area contributed by atoms with Crippen molar-refractivity contribution >= 4 is 29.2 Å². The average molecular weight is 300 g/mol. The molecule has 3 N–H and O–H groups in total. The van der Waals surface area contributed by atoms with Gasteiger partial charge in [-0.15, -0.1) is 0 Å². The van der Waals surface area contributed by atoms with E-state index in [1.807, 2.05) is 14.0 Å². The van der Waals surface area contributed by atoms with Crippen LogP contribution in [0.25, 0.3) is 0 Å². The molecule has 1 aromatic heterocycles. The maximum atomic E-state index is 11.7. The molecular weight excluding hydrogens is 280 g/mol. The van der Waals surface area contributed by atoms with Crippen molar-refractivity contribution < 1.29 is 4.79 Å². The van der Waals surface area contributed by atoms with Gasteiger partial charge in [0.25, 0.3) is 0 Å². The van der Waals surface area contributed by atoms with Crippen molar-refractivity contribution in [3.63, 3.8) is 0 Å². The third kappa shape index (κ3) is 3.09. The van der Waals surface area contributed by atoms with Gasteiger partial charge in [0, 0.05) is 5.75 Å². The third-order valence-electron chi connectivity index (χ3n) is 3.91. The summed E-state index contributed by atoms with van der Waals surface area (Å²) in [6, 6.07) is 0. The first-order valence-corrected chi connectivity index (χ1v) is 8.26. The Bertz CT molecular complexity index is 451. The van der Waals surface area contributed by atoms with E-state index >= 15 is 0 Å². The Hall–Kier alpha value is -0.660. The van der Waals surface area contributed by atoms with Gasteiger partial charge in [0.05, 0.1) is 0 Å². The molecule has 0 radical (unpaired) electrons. The SMILES string of the molecule is CNC1(C(N)=O)CCCC1CCSc1nc(C)ns1. The smallest absolute Gasteiger partial charge is 0.238 e. The molecule has 2 rings (SSSR count). The van der Waals surface area contributed by atoms with Crippen LogP contribution in [0.1, 0.15) is 31.5 Å². The van der Waals surface area contributed by atoms with Crippen LogP contribution in [0.15, 0.2) is 4.34 Å². The molecule has 19 heavy (non-hydrogen) atoms. The van der Waals surface area contributed by atoms with Gasteiger partial charge in [-0.2, -0.15) is 4.37 Å². The second kappa shape index (κ2) is 6.19. The third-order valence-corrected chi connectivity index (χ3v) is 5.87. The monoisotopic (exact) mass is 300 g/mol. The average Bonchev–Trinajstić information content (AvgIpc) is 2.96. The molecule has 0 aromatic carbocycles. The Balaban J connectivity index is 1.89. The van der Waals surface area contributed by atoms with Crippen LogP contribution in [-0.2, 0) is 4.79 Å². The number of amides is 1. The Morgan fingerprint density at radius 3 is 3.05 bits per heavy atom. The molecule has 2 unspecified atom stereocenters. The minimum atomic E-state index is -0.502. The lowest BCUT2D eigenvalue weighted by molar-refractivity contribution is -0.125. The molecule has 5 nitrogen and oxygen atoms in total. The lowest BCUT2D eigenvalue weighted by Crippen LogP contribution is -2.56. The zero-order valence-corrected chi connectivity index (χ0v) is 12.9. The van der Waals surface area contributed by atoms with Gasteiger partial charge in [0.15, 0.2) is 4.34 Å². The normalized spacial score (nSPS) is 26.7. The van der Waals surface area contributed by atoms with E-state index in [0.717, 1.165) is 41.6 Å². The van der Waals surface area contributed by atoms with Gasteiger partial charge < -0.3 is 11.1 Å². The number of thioether (sulfide) groups is 1. The summed E-state index contributed by atoms with van der Waals surface area (Å²) >= 11 is 3.15. The van der Waals surface area contributed by atoms with Gasteiger partial charge in [-0.1, -0.05) is 18.2 Å². The molecule has 106 valence electrons. The molecule has 1 saturated carbocycles. The summed E-state index contributed by atoms with van der Waals surface area (Å²) in [5.41, 5.74) is 5.09. The molecule has 1 aromatic rings. The van der Waals surface area contributed by atoms with Crippen LogP contribution in [0.5, 0.6) is 0 Å². The molecule has 1 heterocycles. The topological polar surface area (TPSA) is 80.9 Å². The van der Waals surface area contributed by atoms with E-state index in [4.69, 9.17) is 5.73 Å². The summed E-state index contributed by atoms with van der Waals surface area (Å²) in [6.45, 7) is 1.90. The van der Waals surface area contributed by atoms with Gasteiger partial charge >= 0.3 is 0 Å². The van der Waals surface area contributed by atoms with Crippen molar-refractivity contribution in [3.8, 4) is 0 Å². The Morgan fingerprint density at radius 2 is 2.47 bits per heavy atom. The Morgan fingerprint density at radius 1 is 1.68 bits per heavy atom. The lowest BCUT2D eigenvalue weighted by atomic mass is 9.84. The van der Waals surface area contributed by atoms with Gasteiger partial charge in [-0.3, -0.25) is 4.79 Å². The number of primary amides is 1. The minimum absolute atomic E-state index is 0.214. The number of carbonyl (C=O) groups excluding carboxylic acids is 1. The molecule has 1 aliphatic rings. The van der Waals surface area contributed by atoms with Gasteiger partial charge in [0.2, 0.25) is 5.91 Å². The predicted octanol–water partition coefficient (Wildman–Crippen LogP) is 1.57. The highest BCUT2D eigenvalue weighted by Crippen LogP contribution is 2.38. The van der Waals surface area contributed by atoms with E-state index in [1.54, 1.807) is 11.8 Å². The van der Waals surface area contributed by atoms with Crippen LogP contribution in [-0.4, -0.2) is 33.6 Å². The fourth-order valence-electron chi connectivity index (χ4n) is 2.87. The summed E-state index contributed by atoms with van der Waals surface area (Å²) in [4.78, 5) is 16.1. The Kier molecular flexibility index (Phi) is 4.81. The number of aromatic nitrogens is 2. The van der Waals surface area contributed by atoms with Crippen LogP contribution in [0.2, 0.25) is 0 Å². The number of likely N-dealkylation sites (N-methyl/N-ethyl adjacent to an activating group) is 1. The molecule has 2 atom stereocenters. The van der Waals surface area contributed by atoms with Crippen LogP contribution in [0, 0.1) is 12.8 Å². The van der Waals surface area contributed by atoms with Crippen LogP contribution in [0.3, 0.4) is 0 Å². The van der Waals surface area contributed by atoms with Gasteiger partial charge in [-0.05, 0) is 50.7 Å². The van der Waals surface area contributed by atoms with E-state index in [2.05, 4.69) is 14.7 Å². The van der Waals surface area contributed by atoms with Gasteiger partial charge in [0.1, 0.15) is 11.4 Å². The largest absolute Gasteiger partial charge is 0.368 e. The number of nitrogens with two attached hydrogens (primary N) is 1. The fraction of sp³-hybridized carbons (Fsp3) is 0.750. The Labute approximate surface area is 121 Å². The van der Waals surface area contributed by atoms with Crippen molar-refractivity contribution in [1.29, 1.82) is 0 Å². The number of hydrogen-bond donors (Lipinski definition) is 2. The van der Waals surface area contributed by atoms with Crippen LogP contribution in [0.4, 0.5) is 0 Å². The lowest BCUT2D eigenvalue weighted by Gasteiger charge is -2.32. The highest BCUT2D eigenvalue weighted by molar-refractivity contribution is 8.00. The first kappa shape index (κ1) is 14.7. The maximum Gasteiger partial charge on any atom is 0.238 e. The molecule has 1 fully saturated rings. The molecule has 0 bridgehead atoms. The summed E-state index contributed by atoms with van der Waals surface area (Å²) in [6.07, 6.45) is 3.97. The quantitative estimate of drug-likeness (QED) is 0.780. The predicted molar refractivity (Wildman–Crippen MR) is 78.3 cm³/mol. The number of aryl methyl sites for hydroxylation is 1. The van der Waals surface area contributed by atoms with Crippen molar-refractivity contribution in [1.82, 2.24) is 14.7 Å². The van der Waals surface area contributed by atoms with Crippen molar-refractivity contribution in [2.75, 3.05) is 12.8 Å². The second-order valence-corrected chi connectivity index (χ2v) is 7.01. The minimum Gasteiger partial charge on any atom is -0.368 e. The van der Waals surface area contributed by atoms with Crippen LogP contribution < -0.4 is 11.1 Å². The molecular formula is C12H20N4OS2. The number of carbonyl (C=O) groups is 1. The molecule has 0 aliphatic heterocycles. The zero-order chi connectivity index (χ0) is 13.9. The summed E-state index contributed by atoms with van der Waals surface area (Å²) in [5, 5.41) is 3.17. The fourth-order valence-corrected chi connectivity index (χ4v) is 4.64.